The highest BCUT2D eigenvalue weighted by molar-refractivity contribution is 6.34. The molecule has 0 aliphatic carbocycles. The van der Waals surface area contributed by atoms with Crippen LogP contribution < -0.4 is 16.0 Å². The third-order valence-corrected chi connectivity index (χ3v) is 6.07. The van der Waals surface area contributed by atoms with Gasteiger partial charge in [-0.25, -0.2) is 19.3 Å². The summed E-state index contributed by atoms with van der Waals surface area (Å²) in [7, 11) is 0. The highest BCUT2D eigenvalue weighted by Gasteiger charge is 2.38. The molecular weight excluding hydrogens is 517 g/mol. The van der Waals surface area contributed by atoms with Crippen molar-refractivity contribution in [2.45, 2.75) is 32.0 Å². The fourth-order valence-corrected chi connectivity index (χ4v) is 4.36. The number of nitrogens with one attached hydrogen (secondary N) is 1. The number of nitrogens with zero attached hydrogens (tertiary/aromatic N) is 6. The second-order valence-electron chi connectivity index (χ2n) is 8.26. The van der Waals surface area contributed by atoms with Crippen molar-refractivity contribution >= 4 is 46.3 Å². The summed E-state index contributed by atoms with van der Waals surface area (Å²) < 4.78 is 35.2. The molecule has 37 heavy (non-hydrogen) atoms. The van der Waals surface area contributed by atoms with E-state index in [4.69, 9.17) is 27.2 Å². The molecule has 0 radical (unpaired) electrons. The van der Waals surface area contributed by atoms with E-state index in [1.165, 1.54) is 4.52 Å². The van der Waals surface area contributed by atoms with Gasteiger partial charge in [0.1, 0.15) is 17.7 Å². The van der Waals surface area contributed by atoms with Crippen LogP contribution in [0.5, 0.6) is 0 Å². The summed E-state index contributed by atoms with van der Waals surface area (Å²) >= 11 is 6.53. The lowest BCUT2D eigenvalue weighted by atomic mass is 10.1. The van der Waals surface area contributed by atoms with Gasteiger partial charge in [-0.3, -0.25) is 9.20 Å². The van der Waals surface area contributed by atoms with Gasteiger partial charge in [-0.05, 0) is 31.9 Å². The number of anilines is 2. The van der Waals surface area contributed by atoms with E-state index in [9.17, 15) is 18.0 Å². The summed E-state index contributed by atoms with van der Waals surface area (Å²) in [5.74, 6) is -1.94. The predicted molar refractivity (Wildman–Crippen MR) is 129 cm³/mol. The van der Waals surface area contributed by atoms with Gasteiger partial charge in [-0.2, -0.15) is 13.2 Å². The number of aliphatic carboxylic acids is 1. The van der Waals surface area contributed by atoms with Crippen LogP contribution in [0.4, 0.5) is 24.8 Å². The van der Waals surface area contributed by atoms with Crippen LogP contribution in [0.3, 0.4) is 0 Å². The summed E-state index contributed by atoms with van der Waals surface area (Å²) in [5, 5.41) is 14.9. The Morgan fingerprint density at radius 2 is 1.95 bits per heavy atom. The van der Waals surface area contributed by atoms with Crippen molar-refractivity contribution in [1.82, 2.24) is 29.3 Å². The second-order valence-corrected chi connectivity index (χ2v) is 8.67. The summed E-state index contributed by atoms with van der Waals surface area (Å²) in [5.41, 5.74) is 8.46. The molecule has 5 heterocycles. The van der Waals surface area contributed by atoms with Crippen LogP contribution in [0.25, 0.3) is 11.2 Å². The number of rotatable bonds is 4. The number of carboxylic acids is 1. The maximum Gasteiger partial charge on any atom is 0.490 e. The standard InChI is InChI=1S/C20H21ClN8O.C2HF3O2/c1-12(25-19(30)16-17(22)26-29-8-4-5-24-18(16)29)13-9-14(21)15-10-23-11-28(15)20(13)27-6-2-3-7-27;3-2(4,5)1(6)7/h4-5,8-12H,2-3,6-7H2,1H3,(H2,22,26)(H,25,30);(H,6,7). The van der Waals surface area contributed by atoms with Crippen molar-refractivity contribution < 1.29 is 27.9 Å². The number of carbonyl (C=O) groups excluding carboxylic acids is 1. The molecule has 1 aliphatic heterocycles. The van der Waals surface area contributed by atoms with Gasteiger partial charge in [0.15, 0.2) is 11.5 Å². The van der Waals surface area contributed by atoms with E-state index < -0.39 is 12.1 Å². The zero-order chi connectivity index (χ0) is 26.9. The smallest absolute Gasteiger partial charge is 0.475 e. The van der Waals surface area contributed by atoms with Crippen LogP contribution in [0, 0.1) is 0 Å². The highest BCUT2D eigenvalue weighted by Crippen LogP contribution is 2.34. The van der Waals surface area contributed by atoms with Crippen LogP contribution in [0.1, 0.15) is 41.7 Å². The molecule has 11 nitrogen and oxygen atoms in total. The zero-order valence-corrected chi connectivity index (χ0v) is 20.2. The van der Waals surface area contributed by atoms with Crippen LogP contribution in [-0.2, 0) is 4.79 Å². The maximum absolute atomic E-state index is 13.1. The Hall–Kier alpha value is -4.07. The average molecular weight is 539 g/mol. The van der Waals surface area contributed by atoms with Crippen molar-refractivity contribution in [1.29, 1.82) is 0 Å². The molecule has 196 valence electrons. The molecule has 0 aromatic carbocycles. The number of alkyl halides is 3. The van der Waals surface area contributed by atoms with Gasteiger partial charge in [0, 0.05) is 31.0 Å². The molecular formula is C22H22ClF3N8O3. The van der Waals surface area contributed by atoms with Gasteiger partial charge in [0.05, 0.1) is 22.8 Å². The first-order chi connectivity index (χ1) is 17.5. The first-order valence-electron chi connectivity index (χ1n) is 11.1. The molecule has 0 bridgehead atoms. The Morgan fingerprint density at radius 3 is 2.59 bits per heavy atom. The molecule has 1 atom stereocenters. The first kappa shape index (κ1) is 26.0. The van der Waals surface area contributed by atoms with Crippen LogP contribution >= 0.6 is 11.6 Å². The van der Waals surface area contributed by atoms with Crippen molar-refractivity contribution in [2.75, 3.05) is 23.7 Å². The Kier molecular flexibility index (Phi) is 7.12. The first-order valence-corrected chi connectivity index (χ1v) is 11.5. The minimum absolute atomic E-state index is 0.140. The van der Waals surface area contributed by atoms with Gasteiger partial charge in [-0.1, -0.05) is 11.6 Å². The zero-order valence-electron chi connectivity index (χ0n) is 19.4. The van der Waals surface area contributed by atoms with Crippen molar-refractivity contribution in [3.8, 4) is 0 Å². The number of halogens is 4. The lowest BCUT2D eigenvalue weighted by molar-refractivity contribution is -0.192. The molecule has 1 unspecified atom stereocenters. The Labute approximate surface area is 212 Å². The number of aromatic nitrogens is 5. The monoisotopic (exact) mass is 538 g/mol. The number of hydrogen-bond donors (Lipinski definition) is 3. The third-order valence-electron chi connectivity index (χ3n) is 5.76. The predicted octanol–water partition coefficient (Wildman–Crippen LogP) is 3.34. The van der Waals surface area contributed by atoms with Crippen molar-refractivity contribution in [3.05, 3.63) is 53.2 Å². The van der Waals surface area contributed by atoms with E-state index in [1.54, 1.807) is 31.0 Å². The van der Waals surface area contributed by atoms with E-state index >= 15 is 0 Å². The van der Waals surface area contributed by atoms with Gasteiger partial charge >= 0.3 is 12.1 Å². The number of fused-ring (bicyclic) bond motifs is 2. The number of amides is 1. The minimum Gasteiger partial charge on any atom is -0.475 e. The largest absolute Gasteiger partial charge is 0.490 e. The summed E-state index contributed by atoms with van der Waals surface area (Å²) in [6.45, 7) is 3.84. The fourth-order valence-electron chi connectivity index (χ4n) is 4.11. The molecule has 0 spiro atoms. The van der Waals surface area contributed by atoms with Gasteiger partial charge in [0.25, 0.3) is 5.91 Å². The number of carbonyl (C=O) groups is 2. The summed E-state index contributed by atoms with van der Waals surface area (Å²) in [6, 6.07) is 3.32. The number of nitrogens with two attached hydrogens (primary N) is 1. The molecule has 1 saturated heterocycles. The van der Waals surface area contributed by atoms with Crippen molar-refractivity contribution in [3.63, 3.8) is 0 Å². The normalized spacial score (nSPS) is 14.5. The Morgan fingerprint density at radius 1 is 1.27 bits per heavy atom. The lowest BCUT2D eigenvalue weighted by Gasteiger charge is -2.26. The molecule has 5 rings (SSSR count). The summed E-state index contributed by atoms with van der Waals surface area (Å²) in [4.78, 5) is 32.8. The maximum atomic E-state index is 13.1. The quantitative estimate of drug-likeness (QED) is 0.359. The summed E-state index contributed by atoms with van der Waals surface area (Å²) in [6.07, 6.45) is 4.00. The topological polar surface area (TPSA) is 143 Å². The fraction of sp³-hybridized carbons (Fsp3) is 0.318. The van der Waals surface area contributed by atoms with Gasteiger partial charge in [0.2, 0.25) is 0 Å². The van der Waals surface area contributed by atoms with Crippen LogP contribution in [0.15, 0.2) is 37.1 Å². The second kappa shape index (κ2) is 10.1. The number of imidazole rings is 1. The molecule has 4 N–H and O–H groups in total. The van der Waals surface area contributed by atoms with Gasteiger partial charge < -0.3 is 21.1 Å². The molecule has 1 amide bonds. The van der Waals surface area contributed by atoms with E-state index in [0.29, 0.717) is 10.7 Å². The van der Waals surface area contributed by atoms with Gasteiger partial charge in [-0.15, -0.1) is 5.10 Å². The SMILES string of the molecule is CC(NC(=O)c1c(N)nn2cccnc12)c1cc(Cl)c2cncn2c1N1CCCC1.O=C(O)C(F)(F)F. The average Bonchev–Trinajstić information content (AvgIpc) is 3.58. The number of hydrogen-bond acceptors (Lipinski definition) is 7. The molecule has 0 saturated carbocycles. The molecule has 1 fully saturated rings. The van der Waals surface area contributed by atoms with Crippen LogP contribution in [0.2, 0.25) is 5.02 Å². The Balaban J connectivity index is 0.000000405. The molecule has 15 heteroatoms. The number of pyridine rings is 1. The van der Waals surface area contributed by atoms with E-state index in [0.717, 1.165) is 42.8 Å². The number of carboxylic acid groups (broad SMARTS) is 1. The minimum atomic E-state index is -5.08. The van der Waals surface area contributed by atoms with E-state index in [1.807, 2.05) is 17.4 Å². The lowest BCUT2D eigenvalue weighted by Crippen LogP contribution is -2.30. The Bertz CT molecular complexity index is 1460. The molecule has 4 aromatic rings. The highest BCUT2D eigenvalue weighted by atomic mass is 35.5. The molecule has 1 aliphatic rings. The number of nitrogen functional groups attached to an aromatic ring is 1. The van der Waals surface area contributed by atoms with E-state index in [-0.39, 0.29) is 23.3 Å². The molecule has 4 aromatic heterocycles. The van der Waals surface area contributed by atoms with E-state index in [2.05, 4.69) is 25.3 Å². The third kappa shape index (κ3) is 5.23. The van der Waals surface area contributed by atoms with Crippen LogP contribution in [-0.4, -0.2) is 60.2 Å². The van der Waals surface area contributed by atoms with Crippen molar-refractivity contribution in [2.24, 2.45) is 0 Å².